The molecule has 0 aliphatic carbocycles. The highest BCUT2D eigenvalue weighted by atomic mass is 35.5. The van der Waals surface area contributed by atoms with Crippen molar-refractivity contribution in [2.24, 2.45) is 0 Å². The second-order valence-corrected chi connectivity index (χ2v) is 9.41. The summed E-state index contributed by atoms with van der Waals surface area (Å²) >= 11 is 12.0. The van der Waals surface area contributed by atoms with E-state index in [0.29, 0.717) is 5.56 Å². The molecule has 3 aromatic rings. The number of rotatable bonds is 7. The Bertz CT molecular complexity index is 1200. The zero-order chi connectivity index (χ0) is 22.6. The molecule has 0 saturated carbocycles. The predicted molar refractivity (Wildman–Crippen MR) is 120 cm³/mol. The average Bonchev–Trinajstić information content (AvgIpc) is 2.72. The van der Waals surface area contributed by atoms with Crippen LogP contribution in [0.2, 0.25) is 10.0 Å². The Morgan fingerprint density at radius 2 is 1.74 bits per heavy atom. The molecule has 0 aliphatic heterocycles. The molecule has 1 amide bonds. The van der Waals surface area contributed by atoms with Crippen molar-refractivity contribution in [3.63, 3.8) is 0 Å². The fraction of sp³-hybridized carbons (Fsp3) is 0.136. The third-order valence-electron chi connectivity index (χ3n) is 4.54. The van der Waals surface area contributed by atoms with Crippen LogP contribution < -0.4 is 10.0 Å². The zero-order valence-corrected chi connectivity index (χ0v) is 18.7. The van der Waals surface area contributed by atoms with Crippen LogP contribution in [0.15, 0.2) is 71.6 Å². The van der Waals surface area contributed by atoms with Crippen LogP contribution in [0.25, 0.3) is 0 Å². The molecule has 9 heteroatoms. The van der Waals surface area contributed by atoms with E-state index in [4.69, 9.17) is 23.2 Å². The molecular formula is C22H19Cl2FN2O3S. The third-order valence-corrected chi connectivity index (χ3v) is 6.73. The molecule has 0 saturated heterocycles. The number of anilines is 1. The molecule has 0 radical (unpaired) electrons. The van der Waals surface area contributed by atoms with E-state index in [1.807, 2.05) is 6.07 Å². The van der Waals surface area contributed by atoms with Crippen molar-refractivity contribution in [2.45, 2.75) is 24.3 Å². The summed E-state index contributed by atoms with van der Waals surface area (Å²) in [7, 11) is -4.19. The quantitative estimate of drug-likeness (QED) is 0.501. The first-order chi connectivity index (χ1) is 14.7. The number of nitrogens with one attached hydrogen (secondary N) is 2. The smallest absolute Gasteiger partial charge is 0.242 e. The van der Waals surface area contributed by atoms with Crippen molar-refractivity contribution in [3.05, 3.63) is 93.7 Å². The van der Waals surface area contributed by atoms with Crippen LogP contribution in [0.3, 0.4) is 0 Å². The Morgan fingerprint density at radius 3 is 2.45 bits per heavy atom. The van der Waals surface area contributed by atoms with Gasteiger partial charge in [0.25, 0.3) is 0 Å². The van der Waals surface area contributed by atoms with Gasteiger partial charge in [-0.2, -0.15) is 4.72 Å². The van der Waals surface area contributed by atoms with Gasteiger partial charge in [-0.3, -0.25) is 4.79 Å². The SMILES string of the molecule is Cc1ccc(F)cc1NC(=O)[C@@H](Cc1ccccc1)NS(=O)(=O)c1cc(Cl)ccc1Cl. The summed E-state index contributed by atoms with van der Waals surface area (Å²) in [4.78, 5) is 12.8. The molecule has 31 heavy (non-hydrogen) atoms. The van der Waals surface area contributed by atoms with Gasteiger partial charge in [-0.05, 0) is 54.8 Å². The van der Waals surface area contributed by atoms with Gasteiger partial charge in [0.05, 0.1) is 5.02 Å². The second kappa shape index (κ2) is 9.78. The van der Waals surface area contributed by atoms with Gasteiger partial charge in [0.2, 0.25) is 15.9 Å². The summed E-state index contributed by atoms with van der Waals surface area (Å²) in [6.45, 7) is 1.71. The number of amides is 1. The molecule has 0 bridgehead atoms. The maximum atomic E-state index is 13.6. The molecular weight excluding hydrogens is 462 g/mol. The molecule has 0 aliphatic rings. The first-order valence-corrected chi connectivity index (χ1v) is 11.5. The lowest BCUT2D eigenvalue weighted by molar-refractivity contribution is -0.117. The molecule has 5 nitrogen and oxygen atoms in total. The molecule has 3 rings (SSSR count). The lowest BCUT2D eigenvalue weighted by Crippen LogP contribution is -2.45. The molecule has 0 spiro atoms. The Labute approximate surface area is 190 Å². The molecule has 0 unspecified atom stereocenters. The van der Waals surface area contributed by atoms with Crippen LogP contribution in [-0.2, 0) is 21.2 Å². The summed E-state index contributed by atoms with van der Waals surface area (Å²) in [5, 5.41) is 2.76. The standard InChI is InChI=1S/C22H19Cl2FN2O3S/c1-14-7-9-17(25)13-19(14)26-22(28)20(11-15-5-3-2-4-6-15)27-31(29,30)21-12-16(23)8-10-18(21)24/h2-10,12-13,20,27H,11H2,1H3,(H,26,28)/t20-/m1/s1. The molecule has 0 fully saturated rings. The average molecular weight is 481 g/mol. The monoisotopic (exact) mass is 480 g/mol. The normalized spacial score (nSPS) is 12.4. The van der Waals surface area contributed by atoms with Gasteiger partial charge in [-0.15, -0.1) is 0 Å². The van der Waals surface area contributed by atoms with Crippen LogP contribution in [0.5, 0.6) is 0 Å². The van der Waals surface area contributed by atoms with Crippen molar-refractivity contribution in [2.75, 3.05) is 5.32 Å². The van der Waals surface area contributed by atoms with E-state index in [1.165, 1.54) is 36.4 Å². The van der Waals surface area contributed by atoms with Crippen molar-refractivity contribution >= 4 is 44.8 Å². The van der Waals surface area contributed by atoms with Crippen molar-refractivity contribution < 1.29 is 17.6 Å². The Morgan fingerprint density at radius 1 is 1.03 bits per heavy atom. The lowest BCUT2D eigenvalue weighted by atomic mass is 10.1. The minimum Gasteiger partial charge on any atom is -0.324 e. The molecule has 3 aromatic carbocycles. The van der Waals surface area contributed by atoms with Crippen molar-refractivity contribution in [3.8, 4) is 0 Å². The van der Waals surface area contributed by atoms with Gasteiger partial charge in [0, 0.05) is 10.7 Å². The summed E-state index contributed by atoms with van der Waals surface area (Å²) in [6.07, 6.45) is 0.0679. The number of carbonyl (C=O) groups excluding carboxylic acids is 1. The van der Waals surface area contributed by atoms with Crippen molar-refractivity contribution in [1.82, 2.24) is 4.72 Å². The highest BCUT2D eigenvalue weighted by Gasteiger charge is 2.28. The van der Waals surface area contributed by atoms with Gasteiger partial charge in [-0.25, -0.2) is 12.8 Å². The van der Waals surface area contributed by atoms with E-state index in [0.717, 1.165) is 5.56 Å². The summed E-state index contributed by atoms with van der Waals surface area (Å²) in [5.74, 6) is -1.16. The van der Waals surface area contributed by atoms with Crippen LogP contribution in [-0.4, -0.2) is 20.4 Å². The topological polar surface area (TPSA) is 75.3 Å². The van der Waals surface area contributed by atoms with Crippen LogP contribution in [0, 0.1) is 12.7 Å². The molecule has 1 atom stereocenters. The van der Waals surface area contributed by atoms with E-state index in [9.17, 15) is 17.6 Å². The zero-order valence-electron chi connectivity index (χ0n) is 16.4. The molecule has 2 N–H and O–H groups in total. The molecule has 162 valence electrons. The maximum Gasteiger partial charge on any atom is 0.242 e. The van der Waals surface area contributed by atoms with E-state index in [-0.39, 0.29) is 27.0 Å². The molecule has 0 aromatic heterocycles. The number of hydrogen-bond acceptors (Lipinski definition) is 3. The number of benzene rings is 3. The summed E-state index contributed by atoms with van der Waals surface area (Å²) in [6, 6.07) is 15.7. The highest BCUT2D eigenvalue weighted by molar-refractivity contribution is 7.89. The Hall–Kier alpha value is -2.45. The molecule has 0 heterocycles. The predicted octanol–water partition coefficient (Wildman–Crippen LogP) is 4.97. The first-order valence-electron chi connectivity index (χ1n) is 9.24. The largest absolute Gasteiger partial charge is 0.324 e. The number of halogens is 3. The van der Waals surface area contributed by atoms with Crippen LogP contribution in [0.1, 0.15) is 11.1 Å². The Balaban J connectivity index is 1.93. The lowest BCUT2D eigenvalue weighted by Gasteiger charge is -2.20. The Kier molecular flexibility index (Phi) is 7.33. The number of aryl methyl sites for hydroxylation is 1. The fourth-order valence-electron chi connectivity index (χ4n) is 2.92. The van der Waals surface area contributed by atoms with E-state index < -0.39 is 27.8 Å². The van der Waals surface area contributed by atoms with Crippen LogP contribution >= 0.6 is 23.2 Å². The summed E-state index contributed by atoms with van der Waals surface area (Å²) < 4.78 is 42.0. The third kappa shape index (κ3) is 6.04. The second-order valence-electron chi connectivity index (χ2n) is 6.89. The first kappa shape index (κ1) is 23.2. The van der Waals surface area contributed by atoms with Crippen LogP contribution in [0.4, 0.5) is 10.1 Å². The number of sulfonamides is 1. The fourth-order valence-corrected chi connectivity index (χ4v) is 4.88. The minimum atomic E-state index is -4.19. The van der Waals surface area contributed by atoms with Gasteiger partial charge in [0.1, 0.15) is 16.8 Å². The van der Waals surface area contributed by atoms with E-state index in [1.54, 1.807) is 31.2 Å². The number of carbonyl (C=O) groups is 1. The van der Waals surface area contributed by atoms with Gasteiger partial charge in [-0.1, -0.05) is 59.6 Å². The minimum absolute atomic E-state index is 0.0308. The van der Waals surface area contributed by atoms with Gasteiger partial charge >= 0.3 is 0 Å². The van der Waals surface area contributed by atoms with E-state index >= 15 is 0 Å². The van der Waals surface area contributed by atoms with E-state index in [2.05, 4.69) is 10.0 Å². The van der Waals surface area contributed by atoms with Gasteiger partial charge in [0.15, 0.2) is 0 Å². The number of hydrogen-bond donors (Lipinski definition) is 2. The van der Waals surface area contributed by atoms with Crippen molar-refractivity contribution in [1.29, 1.82) is 0 Å². The maximum absolute atomic E-state index is 13.6. The summed E-state index contributed by atoms with van der Waals surface area (Å²) in [5.41, 5.74) is 1.62. The van der Waals surface area contributed by atoms with Gasteiger partial charge < -0.3 is 5.32 Å². The highest BCUT2D eigenvalue weighted by Crippen LogP contribution is 2.25.